The molecule has 0 radical (unpaired) electrons. The molecule has 1 aromatic heterocycles. The zero-order chi connectivity index (χ0) is 25.7. The summed E-state index contributed by atoms with van der Waals surface area (Å²) in [6.45, 7) is 4.67. The monoisotopic (exact) mass is 492 g/mol. The van der Waals surface area contributed by atoms with Crippen LogP contribution >= 0.6 is 0 Å². The van der Waals surface area contributed by atoms with E-state index < -0.39 is 6.04 Å². The highest BCUT2D eigenvalue weighted by atomic mass is 16.5. The predicted octanol–water partition coefficient (Wildman–Crippen LogP) is 5.45. The van der Waals surface area contributed by atoms with Gasteiger partial charge in [0.05, 0.1) is 32.9 Å². The number of methoxy groups -OCH3 is 3. The van der Waals surface area contributed by atoms with Gasteiger partial charge in [0, 0.05) is 17.8 Å². The molecule has 36 heavy (non-hydrogen) atoms. The molecule has 1 N–H and O–H groups in total. The molecule has 0 bridgehead atoms. The highest BCUT2D eigenvalue weighted by Gasteiger charge is 2.35. The smallest absolute Gasteiger partial charge is 0.322 e. The van der Waals surface area contributed by atoms with Crippen LogP contribution in [0.25, 0.3) is 17.0 Å². The van der Waals surface area contributed by atoms with E-state index in [9.17, 15) is 4.79 Å². The molecule has 1 aliphatic heterocycles. The summed E-state index contributed by atoms with van der Waals surface area (Å²) < 4.78 is 21.9. The van der Waals surface area contributed by atoms with Crippen LogP contribution in [0.4, 0.5) is 4.79 Å². The molecule has 0 saturated heterocycles. The lowest BCUT2D eigenvalue weighted by Crippen LogP contribution is -2.46. The summed E-state index contributed by atoms with van der Waals surface area (Å²) in [5.74, 6) is 2.62. The van der Waals surface area contributed by atoms with Crippen molar-refractivity contribution in [2.45, 2.75) is 39.2 Å². The molecule has 2 amide bonds. The van der Waals surface area contributed by atoms with Gasteiger partial charge >= 0.3 is 6.03 Å². The minimum Gasteiger partial charge on any atom is -0.497 e. The van der Waals surface area contributed by atoms with Crippen molar-refractivity contribution in [3.8, 4) is 28.6 Å². The molecule has 3 aromatic rings. The van der Waals surface area contributed by atoms with Crippen LogP contribution in [0.15, 0.2) is 52.7 Å². The molecule has 9 nitrogen and oxygen atoms in total. The summed E-state index contributed by atoms with van der Waals surface area (Å²) in [4.78, 5) is 19.6. The molecule has 0 fully saturated rings. The van der Waals surface area contributed by atoms with Crippen molar-refractivity contribution in [3.05, 3.63) is 59.6 Å². The van der Waals surface area contributed by atoms with Gasteiger partial charge in [-0.15, -0.1) is 0 Å². The molecular formula is C27H32N4O5. The Labute approximate surface area is 211 Å². The van der Waals surface area contributed by atoms with E-state index in [1.807, 2.05) is 37.3 Å². The second-order valence-corrected chi connectivity index (χ2v) is 8.51. The number of urea groups is 1. The highest BCUT2D eigenvalue weighted by molar-refractivity contribution is 5.87. The second kappa shape index (κ2) is 11.2. The number of ether oxygens (including phenoxy) is 3. The first-order chi connectivity index (χ1) is 17.5. The number of hydrogen-bond acceptors (Lipinski definition) is 7. The molecule has 0 aliphatic carbocycles. The van der Waals surface area contributed by atoms with E-state index in [-0.39, 0.29) is 6.03 Å². The minimum atomic E-state index is -0.478. The quantitative estimate of drug-likeness (QED) is 0.376. The number of rotatable bonds is 10. The fraction of sp³-hybridized carbons (Fsp3) is 0.370. The third-order valence-electron chi connectivity index (χ3n) is 6.31. The Morgan fingerprint density at radius 2 is 1.83 bits per heavy atom. The number of benzene rings is 2. The molecular weight excluding hydrogens is 460 g/mol. The Hall–Kier alpha value is -4.01. The average Bonchev–Trinajstić information content (AvgIpc) is 3.39. The van der Waals surface area contributed by atoms with Gasteiger partial charge in [0.15, 0.2) is 11.5 Å². The van der Waals surface area contributed by atoms with Gasteiger partial charge in [-0.3, -0.25) is 4.90 Å². The third kappa shape index (κ3) is 5.00. The Morgan fingerprint density at radius 1 is 1.03 bits per heavy atom. The van der Waals surface area contributed by atoms with Gasteiger partial charge in [-0.2, -0.15) is 4.98 Å². The van der Waals surface area contributed by atoms with Crippen molar-refractivity contribution in [2.75, 3.05) is 27.9 Å². The van der Waals surface area contributed by atoms with Crippen LogP contribution in [0, 0.1) is 0 Å². The largest absolute Gasteiger partial charge is 0.497 e. The zero-order valence-electron chi connectivity index (χ0n) is 21.3. The molecule has 4 rings (SSSR count). The summed E-state index contributed by atoms with van der Waals surface area (Å²) >= 11 is 0. The molecule has 0 spiro atoms. The Bertz CT molecular complexity index is 1250. The number of aromatic nitrogens is 2. The number of unbranched alkanes of at least 4 members (excludes halogenated alkanes) is 2. The van der Waals surface area contributed by atoms with E-state index in [0.717, 1.165) is 41.7 Å². The predicted molar refractivity (Wildman–Crippen MR) is 136 cm³/mol. The van der Waals surface area contributed by atoms with E-state index in [1.165, 1.54) is 0 Å². The van der Waals surface area contributed by atoms with Crippen LogP contribution in [0.1, 0.15) is 50.6 Å². The fourth-order valence-corrected chi connectivity index (χ4v) is 4.34. The third-order valence-corrected chi connectivity index (χ3v) is 6.31. The Morgan fingerprint density at radius 3 is 2.56 bits per heavy atom. The molecule has 9 heteroatoms. The molecule has 190 valence electrons. The average molecular weight is 493 g/mol. The van der Waals surface area contributed by atoms with E-state index in [2.05, 4.69) is 17.4 Å². The lowest BCUT2D eigenvalue weighted by atomic mass is 9.94. The van der Waals surface area contributed by atoms with Gasteiger partial charge in [-0.1, -0.05) is 37.1 Å². The maximum Gasteiger partial charge on any atom is 0.322 e. The van der Waals surface area contributed by atoms with Crippen LogP contribution in [0.2, 0.25) is 0 Å². The van der Waals surface area contributed by atoms with E-state index in [0.29, 0.717) is 35.5 Å². The number of carbonyl (C=O) groups is 1. The van der Waals surface area contributed by atoms with E-state index >= 15 is 0 Å². The maximum absolute atomic E-state index is 13.1. The number of nitrogens with one attached hydrogen (secondary N) is 1. The van der Waals surface area contributed by atoms with Gasteiger partial charge in [-0.25, -0.2) is 4.79 Å². The van der Waals surface area contributed by atoms with Gasteiger partial charge in [-0.05, 0) is 49.2 Å². The van der Waals surface area contributed by atoms with Crippen LogP contribution < -0.4 is 19.5 Å². The second-order valence-electron chi connectivity index (χ2n) is 8.51. The van der Waals surface area contributed by atoms with Crippen LogP contribution in [-0.2, 0) is 0 Å². The lowest BCUT2D eigenvalue weighted by molar-refractivity contribution is 0.204. The summed E-state index contributed by atoms with van der Waals surface area (Å²) in [6.07, 6.45) is 3.00. The number of nitrogens with zero attached hydrogens (tertiary/aromatic N) is 3. The lowest BCUT2D eigenvalue weighted by Gasteiger charge is -2.35. The maximum atomic E-state index is 13.1. The van der Waals surface area contributed by atoms with Crippen molar-refractivity contribution < 1.29 is 23.5 Å². The first kappa shape index (κ1) is 25.1. The first-order valence-corrected chi connectivity index (χ1v) is 12.0. The van der Waals surface area contributed by atoms with E-state index in [1.54, 1.807) is 38.4 Å². The number of allylic oxidation sites excluding steroid dienone is 1. The van der Waals surface area contributed by atoms with Crippen molar-refractivity contribution in [3.63, 3.8) is 0 Å². The summed E-state index contributed by atoms with van der Waals surface area (Å²) in [5, 5.41) is 7.37. The standard InChI is InChI=1S/C27H32N4O5/c1-6-7-8-14-31-17(2)23(24(28-27(31)32)18-10-9-11-20(15-18)33-3)26-29-25(30-36-26)19-12-13-21(34-4)22(16-19)35-5/h9-13,15-16,24H,6-8,14H2,1-5H3,(H,28,32). The van der Waals surface area contributed by atoms with Gasteiger partial charge in [0.25, 0.3) is 5.89 Å². The molecule has 2 heterocycles. The normalized spacial score (nSPS) is 15.6. The van der Waals surface area contributed by atoms with Crippen molar-refractivity contribution in [1.29, 1.82) is 0 Å². The van der Waals surface area contributed by atoms with Crippen LogP contribution in [-0.4, -0.2) is 48.9 Å². The first-order valence-electron chi connectivity index (χ1n) is 12.0. The fourth-order valence-electron chi connectivity index (χ4n) is 4.34. The number of amides is 2. The summed E-state index contributed by atoms with van der Waals surface area (Å²) in [7, 11) is 4.78. The zero-order valence-corrected chi connectivity index (χ0v) is 21.3. The van der Waals surface area contributed by atoms with Gasteiger partial charge in [0.2, 0.25) is 5.82 Å². The molecule has 2 aromatic carbocycles. The number of carbonyl (C=O) groups excluding carboxylic acids is 1. The Kier molecular flexibility index (Phi) is 7.77. The van der Waals surface area contributed by atoms with Crippen molar-refractivity contribution in [2.24, 2.45) is 0 Å². The van der Waals surface area contributed by atoms with Crippen molar-refractivity contribution in [1.82, 2.24) is 20.4 Å². The van der Waals surface area contributed by atoms with Crippen LogP contribution in [0.5, 0.6) is 17.2 Å². The van der Waals surface area contributed by atoms with Gasteiger partial charge < -0.3 is 24.1 Å². The summed E-state index contributed by atoms with van der Waals surface area (Å²) in [6, 6.07) is 12.4. The van der Waals surface area contributed by atoms with E-state index in [4.69, 9.17) is 23.7 Å². The Balaban J connectivity index is 1.78. The number of hydrogen-bond donors (Lipinski definition) is 1. The van der Waals surface area contributed by atoms with Crippen LogP contribution in [0.3, 0.4) is 0 Å². The summed E-state index contributed by atoms with van der Waals surface area (Å²) in [5.41, 5.74) is 3.11. The topological polar surface area (TPSA) is 99.0 Å². The highest BCUT2D eigenvalue weighted by Crippen LogP contribution is 2.39. The molecule has 1 aliphatic rings. The van der Waals surface area contributed by atoms with Crippen molar-refractivity contribution >= 4 is 11.6 Å². The molecule has 1 atom stereocenters. The molecule has 1 unspecified atom stereocenters. The van der Waals surface area contributed by atoms with Gasteiger partial charge in [0.1, 0.15) is 5.75 Å². The SMILES string of the molecule is CCCCCN1C(=O)NC(c2cccc(OC)c2)C(c2nc(-c3ccc(OC)c(OC)c3)no2)=C1C. The minimum absolute atomic E-state index is 0.153. The molecule has 0 saturated carbocycles.